The molecular formula is C21H19BrIN3O5. The van der Waals surface area contributed by atoms with Gasteiger partial charge in [0.05, 0.1) is 27.3 Å². The molecule has 0 aliphatic carbocycles. The number of carboxylic acid groups (broad SMARTS) is 1. The van der Waals surface area contributed by atoms with Crippen molar-refractivity contribution < 1.29 is 19.4 Å². The van der Waals surface area contributed by atoms with Gasteiger partial charge in [-0.2, -0.15) is 9.78 Å². The summed E-state index contributed by atoms with van der Waals surface area (Å²) in [4.78, 5) is 28.4. The third kappa shape index (κ3) is 5.42. The van der Waals surface area contributed by atoms with Crippen LogP contribution in [0.15, 0.2) is 44.7 Å². The number of carbonyl (C=O) groups is 1. The molecular weight excluding hydrogens is 581 g/mol. The number of aryl methyl sites for hydroxylation is 1. The largest absolute Gasteiger partial charge is 0.490 e. The van der Waals surface area contributed by atoms with Gasteiger partial charge in [0.15, 0.2) is 18.1 Å². The van der Waals surface area contributed by atoms with Crippen molar-refractivity contribution in [3.8, 4) is 11.5 Å². The van der Waals surface area contributed by atoms with Crippen LogP contribution in [-0.4, -0.2) is 40.2 Å². The number of hydrogen-bond acceptors (Lipinski definition) is 6. The first-order valence-electron chi connectivity index (χ1n) is 9.40. The molecule has 0 saturated carbocycles. The van der Waals surface area contributed by atoms with E-state index in [1.54, 1.807) is 24.3 Å². The van der Waals surface area contributed by atoms with E-state index in [0.717, 1.165) is 4.47 Å². The van der Waals surface area contributed by atoms with Crippen molar-refractivity contribution in [2.45, 2.75) is 20.3 Å². The topological polar surface area (TPSA) is 103 Å². The van der Waals surface area contributed by atoms with Crippen molar-refractivity contribution in [2.75, 3.05) is 13.2 Å². The maximum absolute atomic E-state index is 13.0. The molecule has 0 aliphatic rings. The van der Waals surface area contributed by atoms with E-state index in [9.17, 15) is 9.59 Å². The Kier molecular flexibility index (Phi) is 7.65. The lowest BCUT2D eigenvalue weighted by molar-refractivity contribution is -0.139. The Morgan fingerprint density at radius 2 is 2.06 bits per heavy atom. The Labute approximate surface area is 200 Å². The number of aliphatic carboxylic acids is 1. The monoisotopic (exact) mass is 599 g/mol. The smallest absolute Gasteiger partial charge is 0.341 e. The van der Waals surface area contributed by atoms with Gasteiger partial charge in [0.1, 0.15) is 5.82 Å². The molecule has 3 aromatic rings. The molecule has 31 heavy (non-hydrogen) atoms. The zero-order valence-corrected chi connectivity index (χ0v) is 20.5. The average Bonchev–Trinajstić information content (AvgIpc) is 2.72. The normalized spacial score (nSPS) is 11.2. The van der Waals surface area contributed by atoms with Crippen molar-refractivity contribution >= 4 is 61.6 Å². The van der Waals surface area contributed by atoms with E-state index in [2.05, 4.69) is 26.0 Å². The van der Waals surface area contributed by atoms with Crippen LogP contribution < -0.4 is 15.0 Å². The fourth-order valence-electron chi connectivity index (χ4n) is 2.87. The first kappa shape index (κ1) is 23.2. The Morgan fingerprint density at radius 1 is 1.29 bits per heavy atom. The lowest BCUT2D eigenvalue weighted by atomic mass is 10.2. The van der Waals surface area contributed by atoms with Crippen LogP contribution in [0.5, 0.6) is 11.5 Å². The Bertz CT molecular complexity index is 1230. The lowest BCUT2D eigenvalue weighted by Gasteiger charge is -2.13. The standard InChI is InChI=1S/C21H19BrIN3O5/c1-3-18-25-16-6-5-13(22)9-14(16)21(29)26(18)24-10-12-7-15(23)20(31-11-19(27)28)17(8-12)30-4-2/h5-10H,3-4,11H2,1-2H3,(H,27,28). The highest BCUT2D eigenvalue weighted by molar-refractivity contribution is 14.1. The second kappa shape index (κ2) is 10.2. The zero-order valence-electron chi connectivity index (χ0n) is 16.8. The zero-order chi connectivity index (χ0) is 22.5. The summed E-state index contributed by atoms with van der Waals surface area (Å²) in [7, 11) is 0. The SMILES string of the molecule is CCOc1cc(C=Nn2c(CC)nc3ccc(Br)cc3c2=O)cc(I)c1OCC(=O)O. The van der Waals surface area contributed by atoms with Gasteiger partial charge in [-0.1, -0.05) is 22.9 Å². The molecule has 0 saturated heterocycles. The lowest BCUT2D eigenvalue weighted by Crippen LogP contribution is -2.22. The Morgan fingerprint density at radius 3 is 2.74 bits per heavy atom. The number of carboxylic acids is 1. The molecule has 1 aromatic heterocycles. The van der Waals surface area contributed by atoms with E-state index < -0.39 is 12.6 Å². The van der Waals surface area contributed by atoms with Crippen LogP contribution in [0.1, 0.15) is 25.2 Å². The van der Waals surface area contributed by atoms with Gasteiger partial charge >= 0.3 is 5.97 Å². The van der Waals surface area contributed by atoms with Crippen LogP contribution >= 0.6 is 38.5 Å². The fraction of sp³-hybridized carbons (Fsp3) is 0.238. The molecule has 3 rings (SSSR count). The number of rotatable bonds is 8. The summed E-state index contributed by atoms with van der Waals surface area (Å²) >= 11 is 5.43. The van der Waals surface area contributed by atoms with Crippen molar-refractivity contribution in [3.63, 3.8) is 0 Å². The highest BCUT2D eigenvalue weighted by Crippen LogP contribution is 2.34. The predicted octanol–water partition coefficient (Wildman–Crippen LogP) is 4.07. The summed E-state index contributed by atoms with van der Waals surface area (Å²) in [6, 6.07) is 8.81. The molecule has 1 N–H and O–H groups in total. The van der Waals surface area contributed by atoms with Gasteiger partial charge in [0.2, 0.25) is 0 Å². The first-order chi connectivity index (χ1) is 14.8. The molecule has 8 nitrogen and oxygen atoms in total. The van der Waals surface area contributed by atoms with Crippen LogP contribution in [0.25, 0.3) is 10.9 Å². The minimum absolute atomic E-state index is 0.263. The van der Waals surface area contributed by atoms with Crippen molar-refractivity contribution in [1.82, 2.24) is 9.66 Å². The maximum Gasteiger partial charge on any atom is 0.341 e. The minimum Gasteiger partial charge on any atom is -0.490 e. The maximum atomic E-state index is 13.0. The molecule has 2 aromatic carbocycles. The molecule has 1 heterocycles. The summed E-state index contributed by atoms with van der Waals surface area (Å²) in [5.74, 6) is 0.217. The van der Waals surface area contributed by atoms with Crippen molar-refractivity contribution in [1.29, 1.82) is 0 Å². The van der Waals surface area contributed by atoms with E-state index in [4.69, 9.17) is 14.6 Å². The highest BCUT2D eigenvalue weighted by Gasteiger charge is 2.14. The average molecular weight is 600 g/mol. The van der Waals surface area contributed by atoms with Crippen molar-refractivity contribution in [2.24, 2.45) is 5.10 Å². The second-order valence-corrected chi connectivity index (χ2v) is 8.43. The Balaban J connectivity index is 2.05. The van der Waals surface area contributed by atoms with E-state index in [-0.39, 0.29) is 5.56 Å². The quantitative estimate of drug-likeness (QED) is 0.309. The molecule has 0 fully saturated rings. The van der Waals surface area contributed by atoms with E-state index in [1.165, 1.54) is 10.9 Å². The summed E-state index contributed by atoms with van der Waals surface area (Å²) in [5.41, 5.74) is 1.02. The fourth-order valence-corrected chi connectivity index (χ4v) is 4.01. The third-order valence-electron chi connectivity index (χ3n) is 4.19. The number of ether oxygens (including phenoxy) is 2. The van der Waals surface area contributed by atoms with Crippen LogP contribution in [0, 0.1) is 3.57 Å². The van der Waals surface area contributed by atoms with Crippen LogP contribution in [0.3, 0.4) is 0 Å². The third-order valence-corrected chi connectivity index (χ3v) is 5.48. The van der Waals surface area contributed by atoms with E-state index in [1.807, 2.05) is 42.5 Å². The number of nitrogens with zero attached hydrogens (tertiary/aromatic N) is 3. The Hall–Kier alpha value is -2.47. The van der Waals surface area contributed by atoms with Gasteiger partial charge in [0.25, 0.3) is 5.56 Å². The first-order valence-corrected chi connectivity index (χ1v) is 11.3. The molecule has 0 aliphatic heterocycles. The minimum atomic E-state index is -1.08. The summed E-state index contributed by atoms with van der Waals surface area (Å²) in [5, 5.41) is 13.7. The number of halogens is 2. The number of fused-ring (bicyclic) bond motifs is 1. The summed E-state index contributed by atoms with van der Waals surface area (Å²) < 4.78 is 13.7. The predicted molar refractivity (Wildman–Crippen MR) is 130 cm³/mol. The molecule has 0 amide bonds. The molecule has 10 heteroatoms. The number of hydrogen-bond donors (Lipinski definition) is 1. The number of aromatic nitrogens is 2. The highest BCUT2D eigenvalue weighted by atomic mass is 127. The van der Waals surface area contributed by atoms with E-state index >= 15 is 0 Å². The molecule has 0 spiro atoms. The van der Waals surface area contributed by atoms with Crippen molar-refractivity contribution in [3.05, 3.63) is 60.1 Å². The molecule has 0 atom stereocenters. The number of benzene rings is 2. The summed E-state index contributed by atoms with van der Waals surface area (Å²) in [6.45, 7) is 3.63. The van der Waals surface area contributed by atoms with Gasteiger partial charge < -0.3 is 14.6 Å². The second-order valence-electron chi connectivity index (χ2n) is 6.35. The molecule has 0 bridgehead atoms. The molecule has 162 valence electrons. The van der Waals surface area contributed by atoms with Gasteiger partial charge in [-0.3, -0.25) is 4.79 Å². The molecule has 0 radical (unpaired) electrons. The van der Waals surface area contributed by atoms with Crippen LogP contribution in [-0.2, 0) is 11.2 Å². The van der Waals surface area contributed by atoms with E-state index in [0.29, 0.717) is 50.4 Å². The van der Waals surface area contributed by atoms with Gasteiger partial charge in [-0.05, 0) is 65.4 Å². The molecule has 0 unspecified atom stereocenters. The van der Waals surface area contributed by atoms with Gasteiger partial charge in [-0.25, -0.2) is 9.78 Å². The summed E-state index contributed by atoms with van der Waals surface area (Å²) in [6.07, 6.45) is 2.07. The van der Waals surface area contributed by atoms with Crippen LogP contribution in [0.2, 0.25) is 0 Å². The van der Waals surface area contributed by atoms with Gasteiger partial charge in [0, 0.05) is 10.9 Å². The van der Waals surface area contributed by atoms with Gasteiger partial charge in [-0.15, -0.1) is 0 Å². The van der Waals surface area contributed by atoms with Crippen LogP contribution in [0.4, 0.5) is 0 Å².